The molecular formula is C19H31IN4O. The Hall–Kier alpha value is -1.31. The number of guanidine groups is 1. The molecule has 1 saturated carbocycles. The minimum Gasteiger partial charge on any atom is -0.357 e. The van der Waals surface area contributed by atoms with Gasteiger partial charge in [-0.15, -0.1) is 24.0 Å². The quantitative estimate of drug-likeness (QED) is 0.375. The number of nitrogens with zero attached hydrogens (tertiary/aromatic N) is 2. The van der Waals surface area contributed by atoms with Gasteiger partial charge in [0.2, 0.25) is 5.91 Å². The molecule has 0 heterocycles. The summed E-state index contributed by atoms with van der Waals surface area (Å²) < 4.78 is 0. The molecule has 1 amide bonds. The highest BCUT2D eigenvalue weighted by Crippen LogP contribution is 2.17. The van der Waals surface area contributed by atoms with E-state index >= 15 is 0 Å². The van der Waals surface area contributed by atoms with Gasteiger partial charge in [0.15, 0.2) is 5.96 Å². The molecule has 0 atom stereocenters. The van der Waals surface area contributed by atoms with Gasteiger partial charge in [-0.2, -0.15) is 0 Å². The molecule has 0 radical (unpaired) electrons. The average molecular weight is 458 g/mol. The van der Waals surface area contributed by atoms with Gasteiger partial charge in [0.05, 0.1) is 6.54 Å². The second kappa shape index (κ2) is 12.1. The van der Waals surface area contributed by atoms with E-state index in [0.717, 1.165) is 31.9 Å². The number of benzene rings is 1. The standard InChI is InChI=1S/C19H30N4O.HI/c1-3-20-19(23(2)15-16-9-5-4-6-10-16)21-14-13-18(24)22-17-11-7-8-12-17;/h4-6,9-10,17H,3,7-8,11-15H2,1-2H3,(H,20,21)(H,22,24);1H. The fourth-order valence-corrected chi connectivity index (χ4v) is 3.04. The number of hydrogen-bond acceptors (Lipinski definition) is 2. The molecule has 2 rings (SSSR count). The first kappa shape index (κ1) is 21.7. The maximum atomic E-state index is 12.0. The number of halogens is 1. The van der Waals surface area contributed by atoms with E-state index in [2.05, 4.69) is 39.6 Å². The van der Waals surface area contributed by atoms with Gasteiger partial charge in [0.1, 0.15) is 0 Å². The van der Waals surface area contributed by atoms with Crippen molar-refractivity contribution in [1.82, 2.24) is 15.5 Å². The average Bonchev–Trinajstić information content (AvgIpc) is 3.08. The normalized spacial score (nSPS) is 14.7. The lowest BCUT2D eigenvalue weighted by Crippen LogP contribution is -2.39. The van der Waals surface area contributed by atoms with Crippen LogP contribution in [0.1, 0.15) is 44.6 Å². The van der Waals surface area contributed by atoms with Crippen LogP contribution in [0.15, 0.2) is 35.3 Å². The first-order valence-electron chi connectivity index (χ1n) is 9.01. The summed E-state index contributed by atoms with van der Waals surface area (Å²) in [7, 11) is 2.02. The predicted octanol–water partition coefficient (Wildman–Crippen LogP) is 3.15. The molecule has 0 aromatic heterocycles. The molecule has 1 aliphatic carbocycles. The fraction of sp³-hybridized carbons (Fsp3) is 0.579. The Labute approximate surface area is 168 Å². The van der Waals surface area contributed by atoms with Crippen LogP contribution in [0.5, 0.6) is 0 Å². The van der Waals surface area contributed by atoms with Gasteiger partial charge in [-0.05, 0) is 25.3 Å². The highest BCUT2D eigenvalue weighted by molar-refractivity contribution is 14.0. The second-order valence-corrected chi connectivity index (χ2v) is 6.38. The molecule has 1 aromatic rings. The van der Waals surface area contributed by atoms with Crippen LogP contribution in [-0.2, 0) is 11.3 Å². The zero-order valence-corrected chi connectivity index (χ0v) is 17.7. The summed E-state index contributed by atoms with van der Waals surface area (Å²) in [4.78, 5) is 18.7. The molecule has 0 saturated heterocycles. The van der Waals surface area contributed by atoms with Crippen LogP contribution in [0.2, 0.25) is 0 Å². The van der Waals surface area contributed by atoms with E-state index < -0.39 is 0 Å². The largest absolute Gasteiger partial charge is 0.357 e. The zero-order chi connectivity index (χ0) is 17.2. The number of carbonyl (C=O) groups excluding carboxylic acids is 1. The summed E-state index contributed by atoms with van der Waals surface area (Å²) >= 11 is 0. The van der Waals surface area contributed by atoms with Gasteiger partial charge in [0.25, 0.3) is 0 Å². The SMILES string of the molecule is CCNC(=NCCC(=O)NC1CCCC1)N(C)Cc1ccccc1.I. The van der Waals surface area contributed by atoms with Crippen LogP contribution in [0.25, 0.3) is 0 Å². The summed E-state index contributed by atoms with van der Waals surface area (Å²) in [5.74, 6) is 0.960. The number of hydrogen-bond donors (Lipinski definition) is 2. The molecule has 0 bridgehead atoms. The van der Waals surface area contributed by atoms with E-state index in [0.29, 0.717) is 19.0 Å². The first-order valence-corrected chi connectivity index (χ1v) is 9.01. The van der Waals surface area contributed by atoms with Crippen molar-refractivity contribution in [2.24, 2.45) is 4.99 Å². The fourth-order valence-electron chi connectivity index (χ4n) is 3.04. The van der Waals surface area contributed by atoms with Gasteiger partial charge < -0.3 is 15.5 Å². The van der Waals surface area contributed by atoms with Crippen LogP contribution in [0.3, 0.4) is 0 Å². The predicted molar refractivity (Wildman–Crippen MR) is 114 cm³/mol. The Balaban J connectivity index is 0.00000312. The molecule has 0 spiro atoms. The lowest BCUT2D eigenvalue weighted by atomic mass is 10.2. The van der Waals surface area contributed by atoms with E-state index in [1.165, 1.54) is 18.4 Å². The monoisotopic (exact) mass is 458 g/mol. The van der Waals surface area contributed by atoms with Gasteiger partial charge >= 0.3 is 0 Å². The van der Waals surface area contributed by atoms with Gasteiger partial charge in [-0.1, -0.05) is 43.2 Å². The third-order valence-electron chi connectivity index (χ3n) is 4.28. The molecule has 1 fully saturated rings. The number of carbonyl (C=O) groups is 1. The van der Waals surface area contributed by atoms with Crippen LogP contribution in [0.4, 0.5) is 0 Å². The van der Waals surface area contributed by atoms with Crippen molar-refractivity contribution in [2.45, 2.75) is 51.6 Å². The Morgan fingerprint density at radius 2 is 1.92 bits per heavy atom. The Bertz CT molecular complexity index is 529. The summed E-state index contributed by atoms with van der Waals surface area (Å²) in [6, 6.07) is 10.7. The summed E-state index contributed by atoms with van der Waals surface area (Å²) in [6.07, 6.45) is 5.16. The third kappa shape index (κ3) is 8.07. The number of nitrogens with one attached hydrogen (secondary N) is 2. The Kier molecular flexibility index (Phi) is 10.5. The first-order chi connectivity index (χ1) is 11.7. The van der Waals surface area contributed by atoms with Crippen molar-refractivity contribution < 1.29 is 4.79 Å². The molecule has 0 unspecified atom stereocenters. The van der Waals surface area contributed by atoms with Crippen molar-refractivity contribution in [1.29, 1.82) is 0 Å². The van der Waals surface area contributed by atoms with Gasteiger partial charge in [-0.3, -0.25) is 9.79 Å². The highest BCUT2D eigenvalue weighted by atomic mass is 127. The van der Waals surface area contributed by atoms with E-state index in [1.807, 2.05) is 25.2 Å². The van der Waals surface area contributed by atoms with Crippen LogP contribution in [-0.4, -0.2) is 42.9 Å². The van der Waals surface area contributed by atoms with Crippen molar-refractivity contribution in [3.05, 3.63) is 35.9 Å². The van der Waals surface area contributed by atoms with Crippen LogP contribution in [0, 0.1) is 0 Å². The summed E-state index contributed by atoms with van der Waals surface area (Å²) in [6.45, 7) is 4.17. The Morgan fingerprint density at radius 1 is 1.24 bits per heavy atom. The molecule has 25 heavy (non-hydrogen) atoms. The smallest absolute Gasteiger partial charge is 0.222 e. The van der Waals surface area contributed by atoms with Gasteiger partial charge in [-0.25, -0.2) is 0 Å². The molecule has 1 aliphatic rings. The number of rotatable bonds is 7. The third-order valence-corrected chi connectivity index (χ3v) is 4.28. The van der Waals surface area contributed by atoms with Crippen molar-refractivity contribution in [3.63, 3.8) is 0 Å². The van der Waals surface area contributed by atoms with E-state index in [4.69, 9.17) is 0 Å². The van der Waals surface area contributed by atoms with Crippen LogP contribution < -0.4 is 10.6 Å². The van der Waals surface area contributed by atoms with E-state index in [9.17, 15) is 4.79 Å². The number of amides is 1. The summed E-state index contributed by atoms with van der Waals surface area (Å²) in [5, 5.41) is 6.41. The molecule has 2 N–H and O–H groups in total. The molecule has 6 heteroatoms. The topological polar surface area (TPSA) is 56.7 Å². The second-order valence-electron chi connectivity index (χ2n) is 6.38. The van der Waals surface area contributed by atoms with Crippen molar-refractivity contribution >= 4 is 35.8 Å². The Morgan fingerprint density at radius 3 is 2.56 bits per heavy atom. The number of aliphatic imine (C=N–C) groups is 1. The molecule has 140 valence electrons. The molecule has 5 nitrogen and oxygen atoms in total. The van der Waals surface area contributed by atoms with Crippen molar-refractivity contribution in [2.75, 3.05) is 20.1 Å². The summed E-state index contributed by atoms with van der Waals surface area (Å²) in [5.41, 5.74) is 1.24. The van der Waals surface area contributed by atoms with E-state index in [-0.39, 0.29) is 29.9 Å². The van der Waals surface area contributed by atoms with E-state index in [1.54, 1.807) is 0 Å². The van der Waals surface area contributed by atoms with Gasteiger partial charge in [0, 0.05) is 32.6 Å². The maximum absolute atomic E-state index is 12.0. The highest BCUT2D eigenvalue weighted by Gasteiger charge is 2.16. The van der Waals surface area contributed by atoms with Crippen molar-refractivity contribution in [3.8, 4) is 0 Å². The lowest BCUT2D eigenvalue weighted by Gasteiger charge is -2.22. The zero-order valence-electron chi connectivity index (χ0n) is 15.3. The minimum atomic E-state index is 0. The molecule has 0 aliphatic heterocycles. The maximum Gasteiger partial charge on any atom is 0.222 e. The lowest BCUT2D eigenvalue weighted by molar-refractivity contribution is -0.121. The molecular weight excluding hydrogens is 427 g/mol. The minimum absolute atomic E-state index is 0. The molecule has 1 aromatic carbocycles. The van der Waals surface area contributed by atoms with Crippen LogP contribution >= 0.6 is 24.0 Å².